The van der Waals surface area contributed by atoms with Gasteiger partial charge < -0.3 is 19.3 Å². The first-order chi connectivity index (χ1) is 13.0. The predicted octanol–water partition coefficient (Wildman–Crippen LogP) is 2.76. The molecule has 1 aromatic carbocycles. The maximum Gasteiger partial charge on any atom is 0.248 e. The summed E-state index contributed by atoms with van der Waals surface area (Å²) in [5.74, 6) is 0.862. The Morgan fingerprint density at radius 3 is 2.85 bits per heavy atom. The van der Waals surface area contributed by atoms with Gasteiger partial charge >= 0.3 is 0 Å². The van der Waals surface area contributed by atoms with Crippen molar-refractivity contribution in [2.24, 2.45) is 0 Å². The van der Waals surface area contributed by atoms with E-state index in [2.05, 4.69) is 25.1 Å². The highest BCUT2D eigenvalue weighted by molar-refractivity contribution is 5.85. The van der Waals surface area contributed by atoms with Crippen LogP contribution in [0.5, 0.6) is 0 Å². The number of amides is 1. The second-order valence-electron chi connectivity index (χ2n) is 7.35. The van der Waals surface area contributed by atoms with Crippen LogP contribution in [0.25, 0.3) is 10.9 Å². The fourth-order valence-electron chi connectivity index (χ4n) is 3.59. The molecule has 3 rings (SSSR count). The molecule has 0 radical (unpaired) electrons. The Kier molecular flexibility index (Phi) is 6.29. The molecule has 1 fully saturated rings. The van der Waals surface area contributed by atoms with Crippen molar-refractivity contribution in [3.8, 4) is 0 Å². The number of methoxy groups -OCH3 is 1. The molecule has 0 aliphatic carbocycles. The van der Waals surface area contributed by atoms with Crippen molar-refractivity contribution in [3.05, 3.63) is 35.4 Å². The van der Waals surface area contributed by atoms with Crippen LogP contribution in [0.1, 0.15) is 24.0 Å². The molecule has 27 heavy (non-hydrogen) atoms. The van der Waals surface area contributed by atoms with Crippen LogP contribution in [0, 0.1) is 6.92 Å². The topological polar surface area (TPSA) is 54.9 Å². The first kappa shape index (κ1) is 19.6. The first-order valence-corrected chi connectivity index (χ1v) is 9.44. The molecule has 0 saturated carbocycles. The third-order valence-electron chi connectivity index (χ3n) is 4.96. The summed E-state index contributed by atoms with van der Waals surface area (Å²) in [7, 11) is 5.52. The Hall–Kier alpha value is -2.18. The number of hydrogen-bond donors (Lipinski definition) is 0. The Bertz CT molecular complexity index is 801. The minimum absolute atomic E-state index is 0.0259. The van der Waals surface area contributed by atoms with Crippen LogP contribution in [0.3, 0.4) is 0 Å². The van der Waals surface area contributed by atoms with Crippen LogP contribution in [0.15, 0.2) is 24.3 Å². The molecule has 0 bridgehead atoms. The summed E-state index contributed by atoms with van der Waals surface area (Å²) >= 11 is 0. The van der Waals surface area contributed by atoms with E-state index in [9.17, 15) is 4.79 Å². The third-order valence-corrected chi connectivity index (χ3v) is 4.96. The smallest absolute Gasteiger partial charge is 0.248 e. The average Bonchev–Trinajstić information content (AvgIpc) is 3.14. The van der Waals surface area contributed by atoms with Crippen molar-refractivity contribution in [1.82, 2.24) is 9.88 Å². The van der Waals surface area contributed by atoms with E-state index in [1.807, 2.05) is 30.0 Å². The molecule has 1 aliphatic heterocycles. The number of nitrogens with zero attached hydrogens (tertiary/aromatic N) is 3. The maximum absolute atomic E-state index is 12.6. The lowest BCUT2D eigenvalue weighted by molar-refractivity contribution is -0.137. The van der Waals surface area contributed by atoms with E-state index >= 15 is 0 Å². The van der Waals surface area contributed by atoms with Crippen molar-refractivity contribution >= 4 is 22.6 Å². The Morgan fingerprint density at radius 1 is 1.37 bits per heavy atom. The first-order valence-electron chi connectivity index (χ1n) is 9.44. The molecule has 1 aliphatic rings. The van der Waals surface area contributed by atoms with Gasteiger partial charge in [-0.05, 0) is 31.4 Å². The van der Waals surface area contributed by atoms with Gasteiger partial charge in [-0.3, -0.25) is 4.79 Å². The maximum atomic E-state index is 12.6. The molecule has 0 unspecified atom stereocenters. The summed E-state index contributed by atoms with van der Waals surface area (Å²) in [6.07, 6.45) is 2.15. The number of carbonyl (C=O) groups excluding carboxylic acids is 1. The normalized spacial score (nSPS) is 16.7. The highest BCUT2D eigenvalue weighted by Gasteiger charge is 2.24. The standard InChI is InChI=1S/C21H29N3O3/c1-15-7-5-8-16-11-17(21(23(2)3)22-20(15)16)12-24(19(25)14-26-4)13-18-9-6-10-27-18/h5,7-8,11,18H,6,9-10,12-14H2,1-4H3/t18-/m0/s1. The number of ether oxygens (including phenoxy) is 2. The van der Waals surface area contributed by atoms with Gasteiger partial charge in [0.2, 0.25) is 5.91 Å². The molecule has 146 valence electrons. The van der Waals surface area contributed by atoms with Crippen molar-refractivity contribution in [2.45, 2.75) is 32.4 Å². The van der Waals surface area contributed by atoms with E-state index in [1.165, 1.54) is 0 Å². The Balaban J connectivity index is 1.94. The van der Waals surface area contributed by atoms with Gasteiger partial charge in [-0.1, -0.05) is 18.2 Å². The molecule has 2 heterocycles. The number of carbonyl (C=O) groups is 1. The number of aryl methyl sites for hydroxylation is 1. The summed E-state index contributed by atoms with van der Waals surface area (Å²) in [5.41, 5.74) is 3.17. The second kappa shape index (κ2) is 8.67. The number of para-hydroxylation sites is 1. The Morgan fingerprint density at radius 2 is 2.19 bits per heavy atom. The molecule has 6 nitrogen and oxygen atoms in total. The van der Waals surface area contributed by atoms with Crippen LogP contribution >= 0.6 is 0 Å². The van der Waals surface area contributed by atoms with Crippen LogP contribution in [0.2, 0.25) is 0 Å². The summed E-state index contributed by atoms with van der Waals surface area (Å²) in [6.45, 7) is 3.99. The summed E-state index contributed by atoms with van der Waals surface area (Å²) in [6, 6.07) is 8.33. The molecule has 1 atom stereocenters. The molecule has 2 aromatic rings. The van der Waals surface area contributed by atoms with Crippen LogP contribution in [-0.2, 0) is 20.8 Å². The zero-order valence-corrected chi connectivity index (χ0v) is 16.7. The lowest BCUT2D eigenvalue weighted by Gasteiger charge is -2.27. The van der Waals surface area contributed by atoms with E-state index in [-0.39, 0.29) is 18.6 Å². The van der Waals surface area contributed by atoms with Gasteiger partial charge in [-0.15, -0.1) is 0 Å². The van der Waals surface area contributed by atoms with E-state index in [1.54, 1.807) is 7.11 Å². The summed E-state index contributed by atoms with van der Waals surface area (Å²) in [5, 5.41) is 1.09. The lowest BCUT2D eigenvalue weighted by atomic mass is 10.1. The SMILES string of the molecule is COCC(=O)N(Cc1cc2cccc(C)c2nc1N(C)C)C[C@@H]1CCCO1. The van der Waals surface area contributed by atoms with E-state index in [0.717, 1.165) is 47.3 Å². The van der Waals surface area contributed by atoms with Gasteiger partial charge in [-0.25, -0.2) is 4.98 Å². The van der Waals surface area contributed by atoms with Gasteiger partial charge in [0.15, 0.2) is 0 Å². The number of rotatable bonds is 7. The molecule has 1 amide bonds. The number of anilines is 1. The molecule has 0 N–H and O–H groups in total. The highest BCUT2D eigenvalue weighted by atomic mass is 16.5. The fraction of sp³-hybridized carbons (Fsp3) is 0.524. The number of fused-ring (bicyclic) bond motifs is 1. The fourth-order valence-corrected chi connectivity index (χ4v) is 3.59. The van der Waals surface area contributed by atoms with Gasteiger partial charge in [0.1, 0.15) is 12.4 Å². The van der Waals surface area contributed by atoms with Crippen molar-refractivity contribution in [2.75, 3.05) is 45.9 Å². The minimum atomic E-state index is -0.0259. The molecular formula is C21H29N3O3. The minimum Gasteiger partial charge on any atom is -0.376 e. The largest absolute Gasteiger partial charge is 0.376 e. The number of hydrogen-bond acceptors (Lipinski definition) is 5. The summed E-state index contributed by atoms with van der Waals surface area (Å²) in [4.78, 5) is 21.4. The highest BCUT2D eigenvalue weighted by Crippen LogP contribution is 2.26. The number of benzene rings is 1. The number of aromatic nitrogens is 1. The zero-order chi connectivity index (χ0) is 19.4. The van der Waals surface area contributed by atoms with Crippen molar-refractivity contribution in [1.29, 1.82) is 0 Å². The van der Waals surface area contributed by atoms with E-state index < -0.39 is 0 Å². The molecule has 1 saturated heterocycles. The molecule has 1 aromatic heterocycles. The quantitative estimate of drug-likeness (QED) is 0.749. The zero-order valence-electron chi connectivity index (χ0n) is 16.7. The van der Waals surface area contributed by atoms with Crippen LogP contribution < -0.4 is 4.90 Å². The monoisotopic (exact) mass is 371 g/mol. The Labute approximate surface area is 161 Å². The predicted molar refractivity (Wildman–Crippen MR) is 107 cm³/mol. The van der Waals surface area contributed by atoms with Crippen LogP contribution in [-0.4, -0.2) is 62.9 Å². The lowest BCUT2D eigenvalue weighted by Crippen LogP contribution is -2.39. The van der Waals surface area contributed by atoms with E-state index in [4.69, 9.17) is 14.5 Å². The molecule has 0 spiro atoms. The number of pyridine rings is 1. The van der Waals surface area contributed by atoms with Gasteiger partial charge in [0, 0.05) is 51.9 Å². The van der Waals surface area contributed by atoms with Gasteiger partial charge in [-0.2, -0.15) is 0 Å². The van der Waals surface area contributed by atoms with Crippen molar-refractivity contribution in [3.63, 3.8) is 0 Å². The molecular weight excluding hydrogens is 342 g/mol. The van der Waals surface area contributed by atoms with Crippen molar-refractivity contribution < 1.29 is 14.3 Å². The average molecular weight is 371 g/mol. The summed E-state index contributed by atoms with van der Waals surface area (Å²) < 4.78 is 10.8. The molecule has 6 heteroatoms. The van der Waals surface area contributed by atoms with E-state index in [0.29, 0.717) is 13.1 Å². The third kappa shape index (κ3) is 4.57. The van der Waals surface area contributed by atoms with Crippen LogP contribution in [0.4, 0.5) is 5.82 Å². The second-order valence-corrected chi connectivity index (χ2v) is 7.35. The van der Waals surface area contributed by atoms with Gasteiger partial charge in [0.25, 0.3) is 0 Å². The van der Waals surface area contributed by atoms with Gasteiger partial charge in [0.05, 0.1) is 11.6 Å².